The van der Waals surface area contributed by atoms with Gasteiger partial charge in [0.05, 0.1) is 20.8 Å². The maximum atomic E-state index is 13.6. The molecule has 34 heavy (non-hydrogen) atoms. The number of allylic oxidation sites excluding steroid dienone is 2. The highest BCUT2D eigenvalue weighted by Gasteiger charge is 2.44. The molecule has 0 radical (unpaired) electrons. The van der Waals surface area contributed by atoms with E-state index in [-0.39, 0.29) is 24.3 Å². The predicted molar refractivity (Wildman–Crippen MR) is 134 cm³/mol. The smallest absolute Gasteiger partial charge is 0.315 e. The molecule has 178 valence electrons. The fourth-order valence-electron chi connectivity index (χ4n) is 4.97. The molecule has 2 aromatic carbocycles. The first-order chi connectivity index (χ1) is 16.4. The first-order valence-corrected chi connectivity index (χ1v) is 12.1. The van der Waals surface area contributed by atoms with Crippen LogP contribution in [0.4, 0.5) is 0 Å². The van der Waals surface area contributed by atoms with Crippen molar-refractivity contribution in [3.63, 3.8) is 0 Å². The summed E-state index contributed by atoms with van der Waals surface area (Å²) in [4.78, 5) is 31.4. The minimum Gasteiger partial charge on any atom is -0.493 e. The Morgan fingerprint density at radius 3 is 2.35 bits per heavy atom. The monoisotopic (exact) mass is 525 g/mol. The van der Waals surface area contributed by atoms with Gasteiger partial charge in [-0.25, -0.2) is 0 Å². The van der Waals surface area contributed by atoms with Crippen LogP contribution in [0.2, 0.25) is 0 Å². The number of Topliss-reactive ketones (excluding diaryl/α,β-unsaturated/α-hetero) is 1. The molecule has 0 saturated carbocycles. The van der Waals surface area contributed by atoms with Crippen LogP contribution in [0, 0.1) is 5.92 Å². The maximum absolute atomic E-state index is 13.6. The first-order valence-electron chi connectivity index (χ1n) is 11.3. The average Bonchev–Trinajstić information content (AvgIpc) is 2.83. The summed E-state index contributed by atoms with van der Waals surface area (Å²) in [6.45, 7) is 3.91. The molecule has 2 aromatic rings. The zero-order chi connectivity index (χ0) is 24.4. The Balaban J connectivity index is 1.77. The third kappa shape index (κ3) is 4.53. The Morgan fingerprint density at radius 2 is 1.71 bits per heavy atom. The minimum absolute atomic E-state index is 0.0134. The standard InChI is InChI=1S/C27H28BrNO5/c1-5-34-27(31)24-15(2)29-20-12-18(17-8-11-22(32-3)23(14-17)33-4)13-21(30)26(20)25(24)16-6-9-19(28)10-7-16/h6-11,14,18,24-25H,5,12-13H2,1-4H3/t18-,24?,25-/m1/s1. The maximum Gasteiger partial charge on any atom is 0.315 e. The number of halogens is 1. The lowest BCUT2D eigenvalue weighted by Crippen LogP contribution is -2.38. The molecule has 0 bridgehead atoms. The van der Waals surface area contributed by atoms with Crippen molar-refractivity contribution in [1.29, 1.82) is 0 Å². The van der Waals surface area contributed by atoms with Gasteiger partial charge in [0.25, 0.3) is 0 Å². The summed E-state index contributed by atoms with van der Waals surface area (Å²) < 4.78 is 17.1. The van der Waals surface area contributed by atoms with Crippen LogP contribution in [0.3, 0.4) is 0 Å². The van der Waals surface area contributed by atoms with Crippen molar-refractivity contribution in [3.8, 4) is 11.5 Å². The number of hydrogen-bond donors (Lipinski definition) is 0. The van der Waals surface area contributed by atoms with Crippen LogP contribution in [0.5, 0.6) is 11.5 Å². The highest BCUT2D eigenvalue weighted by atomic mass is 79.9. The number of carbonyl (C=O) groups excluding carboxylic acids is 2. The van der Waals surface area contributed by atoms with E-state index >= 15 is 0 Å². The van der Waals surface area contributed by atoms with Crippen molar-refractivity contribution in [1.82, 2.24) is 0 Å². The number of benzene rings is 2. The topological polar surface area (TPSA) is 74.2 Å². The highest BCUT2D eigenvalue weighted by Crippen LogP contribution is 2.47. The molecule has 2 aliphatic rings. The largest absolute Gasteiger partial charge is 0.493 e. The van der Waals surface area contributed by atoms with Gasteiger partial charge < -0.3 is 14.2 Å². The SMILES string of the molecule is CCOC(=O)C1C(C)=NC2=C(C(=O)C[C@H](c3ccc(OC)c(OC)c3)C2)[C@@H]1c1ccc(Br)cc1. The lowest BCUT2D eigenvalue weighted by atomic mass is 9.69. The van der Waals surface area contributed by atoms with E-state index in [0.717, 1.165) is 21.3 Å². The van der Waals surface area contributed by atoms with Crippen LogP contribution in [0.15, 0.2) is 63.2 Å². The van der Waals surface area contributed by atoms with Crippen molar-refractivity contribution < 1.29 is 23.8 Å². The fourth-order valence-corrected chi connectivity index (χ4v) is 5.23. The molecule has 0 spiro atoms. The van der Waals surface area contributed by atoms with Crippen molar-refractivity contribution >= 4 is 33.4 Å². The molecule has 0 aromatic heterocycles. The second-order valence-corrected chi connectivity index (χ2v) is 9.43. The number of hydrogen-bond acceptors (Lipinski definition) is 6. The number of nitrogens with zero attached hydrogens (tertiary/aromatic N) is 1. The van der Waals surface area contributed by atoms with Crippen molar-refractivity contribution in [3.05, 3.63) is 69.3 Å². The average molecular weight is 526 g/mol. The van der Waals surface area contributed by atoms with Gasteiger partial charge in [0.2, 0.25) is 0 Å². The van der Waals surface area contributed by atoms with Crippen molar-refractivity contribution in [2.45, 2.75) is 38.5 Å². The quantitative estimate of drug-likeness (QED) is 0.458. The number of ether oxygens (including phenoxy) is 3. The fraction of sp³-hybridized carbons (Fsp3) is 0.370. The third-order valence-corrected chi connectivity index (χ3v) is 7.07. The van der Waals surface area contributed by atoms with Crippen LogP contribution in [0.25, 0.3) is 0 Å². The molecule has 3 atom stereocenters. The summed E-state index contributed by atoms with van der Waals surface area (Å²) in [5.41, 5.74) is 3.95. The number of methoxy groups -OCH3 is 2. The van der Waals surface area contributed by atoms with Gasteiger partial charge in [0.15, 0.2) is 17.3 Å². The van der Waals surface area contributed by atoms with E-state index in [1.165, 1.54) is 0 Å². The minimum atomic E-state index is -0.624. The first kappa shape index (κ1) is 24.2. The van der Waals surface area contributed by atoms with Gasteiger partial charge in [0, 0.05) is 33.8 Å². The lowest BCUT2D eigenvalue weighted by Gasteiger charge is -2.36. The number of esters is 1. The lowest BCUT2D eigenvalue weighted by molar-refractivity contribution is -0.146. The van der Waals surface area contributed by atoms with Gasteiger partial charge in [-0.2, -0.15) is 0 Å². The van der Waals surface area contributed by atoms with Crippen LogP contribution in [-0.2, 0) is 14.3 Å². The summed E-state index contributed by atoms with van der Waals surface area (Å²) in [6, 6.07) is 13.5. The molecular weight excluding hydrogens is 498 g/mol. The van der Waals surface area contributed by atoms with Gasteiger partial charge in [0.1, 0.15) is 5.92 Å². The predicted octanol–water partition coefficient (Wildman–Crippen LogP) is 5.60. The zero-order valence-electron chi connectivity index (χ0n) is 19.8. The molecule has 1 aliphatic carbocycles. The van der Waals surface area contributed by atoms with Gasteiger partial charge in [-0.1, -0.05) is 34.1 Å². The second-order valence-electron chi connectivity index (χ2n) is 8.52. The Morgan fingerprint density at radius 1 is 1.03 bits per heavy atom. The molecule has 0 fully saturated rings. The van der Waals surface area contributed by atoms with E-state index in [1.807, 2.05) is 49.4 Å². The summed E-state index contributed by atoms with van der Waals surface area (Å²) in [5.74, 6) is -0.136. The molecule has 6 nitrogen and oxygen atoms in total. The normalized spacial score (nSPS) is 22.1. The van der Waals surface area contributed by atoms with E-state index in [1.54, 1.807) is 21.1 Å². The molecule has 4 rings (SSSR count). The van der Waals surface area contributed by atoms with E-state index in [9.17, 15) is 9.59 Å². The Labute approximate surface area is 208 Å². The molecule has 0 saturated heterocycles. The molecule has 1 aliphatic heterocycles. The highest BCUT2D eigenvalue weighted by molar-refractivity contribution is 9.10. The van der Waals surface area contributed by atoms with E-state index in [0.29, 0.717) is 35.6 Å². The van der Waals surface area contributed by atoms with Crippen LogP contribution >= 0.6 is 15.9 Å². The van der Waals surface area contributed by atoms with Crippen LogP contribution in [-0.4, -0.2) is 38.3 Å². The molecule has 0 amide bonds. The van der Waals surface area contributed by atoms with Gasteiger partial charge in [-0.3, -0.25) is 14.6 Å². The number of rotatable bonds is 6. The Kier molecular flexibility index (Phi) is 7.22. The number of carbonyl (C=O) groups is 2. The summed E-state index contributed by atoms with van der Waals surface area (Å²) in [6.07, 6.45) is 0.946. The zero-order valence-corrected chi connectivity index (χ0v) is 21.3. The molecule has 1 unspecified atom stereocenters. The third-order valence-electron chi connectivity index (χ3n) is 6.54. The Bertz CT molecular complexity index is 1170. The van der Waals surface area contributed by atoms with Crippen LogP contribution < -0.4 is 9.47 Å². The van der Waals surface area contributed by atoms with Crippen molar-refractivity contribution in [2.75, 3.05) is 20.8 Å². The second kappa shape index (κ2) is 10.1. The molecule has 1 heterocycles. The van der Waals surface area contributed by atoms with E-state index in [2.05, 4.69) is 15.9 Å². The molecular formula is C27H28BrNO5. The summed E-state index contributed by atoms with van der Waals surface area (Å²) in [7, 11) is 3.20. The Hall–Kier alpha value is -2.93. The molecule has 0 N–H and O–H groups in total. The molecule has 7 heteroatoms. The van der Waals surface area contributed by atoms with Gasteiger partial charge in [-0.05, 0) is 61.6 Å². The number of aliphatic imine (C=N–C) groups is 1. The van der Waals surface area contributed by atoms with Crippen LogP contribution in [0.1, 0.15) is 49.7 Å². The summed E-state index contributed by atoms with van der Waals surface area (Å²) >= 11 is 3.47. The van der Waals surface area contributed by atoms with E-state index in [4.69, 9.17) is 19.2 Å². The number of ketones is 1. The summed E-state index contributed by atoms with van der Waals surface area (Å²) in [5, 5.41) is 0. The van der Waals surface area contributed by atoms with Gasteiger partial charge >= 0.3 is 5.97 Å². The van der Waals surface area contributed by atoms with Gasteiger partial charge in [-0.15, -0.1) is 0 Å². The van der Waals surface area contributed by atoms with E-state index < -0.39 is 11.8 Å². The van der Waals surface area contributed by atoms with Crippen molar-refractivity contribution in [2.24, 2.45) is 10.9 Å².